The van der Waals surface area contributed by atoms with Crippen molar-refractivity contribution in [2.75, 3.05) is 25.5 Å². The van der Waals surface area contributed by atoms with Gasteiger partial charge in [0.2, 0.25) is 5.91 Å². The van der Waals surface area contributed by atoms with Crippen LogP contribution in [-0.4, -0.2) is 47.1 Å². The van der Waals surface area contributed by atoms with Gasteiger partial charge in [-0.25, -0.2) is 14.4 Å². The van der Waals surface area contributed by atoms with Crippen LogP contribution in [0.4, 0.5) is 15.9 Å². The smallest absolute Gasteiger partial charge is 0.245 e. The van der Waals surface area contributed by atoms with Gasteiger partial charge in [-0.05, 0) is 24.3 Å². The van der Waals surface area contributed by atoms with Crippen LogP contribution in [-0.2, 0) is 4.79 Å². The SMILES string of the molecule is C=CC(=O)N1CCC(Oc2cc3c(Nc4ccc(Cl)c(Cl)c4F)ncnc3cc2OC)CC1.Cl. The third kappa shape index (κ3) is 5.29. The number of likely N-dealkylation sites (tertiary alicyclic amines) is 1. The van der Waals surface area contributed by atoms with Crippen LogP contribution in [0.25, 0.3) is 10.9 Å². The molecule has 0 saturated carbocycles. The molecule has 0 bridgehead atoms. The van der Waals surface area contributed by atoms with E-state index in [-0.39, 0.29) is 40.2 Å². The first-order valence-corrected chi connectivity index (χ1v) is 11.0. The number of aromatic nitrogens is 2. The fourth-order valence-corrected chi connectivity index (χ4v) is 3.98. The Morgan fingerprint density at radius 1 is 1.24 bits per heavy atom. The summed E-state index contributed by atoms with van der Waals surface area (Å²) in [5, 5.41) is 3.51. The van der Waals surface area contributed by atoms with E-state index in [1.54, 1.807) is 24.1 Å². The summed E-state index contributed by atoms with van der Waals surface area (Å²) in [7, 11) is 1.55. The number of nitrogens with one attached hydrogen (secondary N) is 1. The highest BCUT2D eigenvalue weighted by Crippen LogP contribution is 2.37. The predicted octanol–water partition coefficient (Wildman–Crippen LogP) is 5.81. The predicted molar refractivity (Wildman–Crippen MR) is 133 cm³/mol. The van der Waals surface area contributed by atoms with Gasteiger partial charge in [0.1, 0.15) is 18.2 Å². The molecule has 1 aliphatic heterocycles. The molecule has 0 spiro atoms. The number of piperidine rings is 1. The van der Waals surface area contributed by atoms with Crippen LogP contribution >= 0.6 is 35.6 Å². The number of amides is 1. The molecule has 1 amide bonds. The molecular formula is C23H22Cl3FN4O3. The Morgan fingerprint density at radius 2 is 1.97 bits per heavy atom. The fraction of sp³-hybridized carbons (Fsp3) is 0.261. The molecule has 1 saturated heterocycles. The highest BCUT2D eigenvalue weighted by Gasteiger charge is 2.24. The highest BCUT2D eigenvalue weighted by atomic mass is 35.5. The molecule has 0 aliphatic carbocycles. The van der Waals surface area contributed by atoms with Crippen LogP contribution in [0.15, 0.2) is 43.2 Å². The monoisotopic (exact) mass is 526 g/mol. The average Bonchev–Trinajstić information content (AvgIpc) is 2.84. The molecule has 1 N–H and O–H groups in total. The number of fused-ring (bicyclic) bond motifs is 1. The van der Waals surface area contributed by atoms with E-state index >= 15 is 0 Å². The van der Waals surface area contributed by atoms with Crippen molar-refractivity contribution in [2.45, 2.75) is 18.9 Å². The van der Waals surface area contributed by atoms with Crippen LogP contribution in [0.3, 0.4) is 0 Å². The Labute approximate surface area is 212 Å². The molecule has 7 nitrogen and oxygen atoms in total. The molecule has 180 valence electrons. The quantitative estimate of drug-likeness (QED) is 0.322. The molecule has 11 heteroatoms. The lowest BCUT2D eigenvalue weighted by molar-refractivity contribution is -0.127. The van der Waals surface area contributed by atoms with E-state index in [1.807, 2.05) is 0 Å². The minimum Gasteiger partial charge on any atom is -0.493 e. The lowest BCUT2D eigenvalue weighted by atomic mass is 10.1. The molecule has 0 atom stereocenters. The second-order valence-electron chi connectivity index (χ2n) is 7.44. The number of benzene rings is 2. The van der Waals surface area contributed by atoms with E-state index < -0.39 is 5.82 Å². The Balaban J connectivity index is 0.00000324. The molecule has 1 fully saturated rings. The average molecular weight is 528 g/mol. The van der Waals surface area contributed by atoms with E-state index in [0.29, 0.717) is 54.2 Å². The number of hydrogen-bond acceptors (Lipinski definition) is 6. The van der Waals surface area contributed by atoms with Crippen molar-refractivity contribution in [3.8, 4) is 11.5 Å². The zero-order chi connectivity index (χ0) is 23.5. The van der Waals surface area contributed by atoms with Crippen molar-refractivity contribution in [3.05, 3.63) is 59.1 Å². The lowest BCUT2D eigenvalue weighted by Gasteiger charge is -2.31. The van der Waals surface area contributed by atoms with E-state index in [9.17, 15) is 9.18 Å². The largest absolute Gasteiger partial charge is 0.493 e. The van der Waals surface area contributed by atoms with Crippen molar-refractivity contribution < 1.29 is 18.7 Å². The summed E-state index contributed by atoms with van der Waals surface area (Å²) in [6.45, 7) is 4.70. The van der Waals surface area contributed by atoms with Gasteiger partial charge in [0.05, 0.1) is 28.4 Å². The third-order valence-corrected chi connectivity index (χ3v) is 6.21. The number of anilines is 2. The summed E-state index contributed by atoms with van der Waals surface area (Å²) in [6, 6.07) is 6.47. The molecule has 0 unspecified atom stereocenters. The van der Waals surface area contributed by atoms with Gasteiger partial charge in [0.15, 0.2) is 17.3 Å². The second-order valence-corrected chi connectivity index (χ2v) is 8.22. The van der Waals surface area contributed by atoms with Gasteiger partial charge in [0, 0.05) is 37.4 Å². The van der Waals surface area contributed by atoms with Crippen molar-refractivity contribution in [3.63, 3.8) is 0 Å². The number of halogens is 4. The first kappa shape index (κ1) is 25.8. The Kier molecular flexibility index (Phi) is 8.41. The molecule has 0 radical (unpaired) electrons. The molecule has 2 heterocycles. The minimum atomic E-state index is -0.679. The summed E-state index contributed by atoms with van der Waals surface area (Å²) in [6.07, 6.45) is 3.93. The zero-order valence-corrected chi connectivity index (χ0v) is 20.5. The van der Waals surface area contributed by atoms with E-state index in [1.165, 1.54) is 24.5 Å². The lowest BCUT2D eigenvalue weighted by Crippen LogP contribution is -2.41. The molecular weight excluding hydrogens is 506 g/mol. The Hall–Kier alpha value is -2.81. The van der Waals surface area contributed by atoms with Crippen LogP contribution in [0.1, 0.15) is 12.8 Å². The maximum absolute atomic E-state index is 14.6. The van der Waals surface area contributed by atoms with Crippen LogP contribution in [0, 0.1) is 5.82 Å². The van der Waals surface area contributed by atoms with Gasteiger partial charge in [-0.3, -0.25) is 4.79 Å². The number of methoxy groups -OCH3 is 1. The van der Waals surface area contributed by atoms with Crippen LogP contribution in [0.2, 0.25) is 10.0 Å². The van der Waals surface area contributed by atoms with Gasteiger partial charge in [-0.15, -0.1) is 12.4 Å². The molecule has 34 heavy (non-hydrogen) atoms. The second kappa shape index (κ2) is 11.1. The van der Waals surface area contributed by atoms with Gasteiger partial charge in [-0.1, -0.05) is 29.8 Å². The third-order valence-electron chi connectivity index (χ3n) is 5.43. The molecule has 2 aromatic carbocycles. The van der Waals surface area contributed by atoms with Gasteiger partial charge >= 0.3 is 0 Å². The highest BCUT2D eigenvalue weighted by molar-refractivity contribution is 6.42. The summed E-state index contributed by atoms with van der Waals surface area (Å²) in [4.78, 5) is 22.1. The topological polar surface area (TPSA) is 76.6 Å². The summed E-state index contributed by atoms with van der Waals surface area (Å²) < 4.78 is 26.3. The number of carbonyl (C=O) groups is 1. The standard InChI is InChI=1S/C23H21Cl2FN4O3.ClH/c1-3-20(31)30-8-6-13(7-9-30)33-19-10-14-17(11-18(19)32-2)27-12-28-23(14)29-16-5-4-15(24)21(25)22(16)26;/h3-5,10-13H,1,6-9H2,2H3,(H,27,28,29);1H. The Morgan fingerprint density at radius 3 is 2.65 bits per heavy atom. The van der Waals surface area contributed by atoms with Crippen molar-refractivity contribution in [1.82, 2.24) is 14.9 Å². The number of carbonyl (C=O) groups excluding carboxylic acids is 1. The zero-order valence-electron chi connectivity index (χ0n) is 18.2. The maximum Gasteiger partial charge on any atom is 0.245 e. The van der Waals surface area contributed by atoms with E-state index in [2.05, 4.69) is 21.9 Å². The van der Waals surface area contributed by atoms with Gasteiger partial charge in [-0.2, -0.15) is 0 Å². The van der Waals surface area contributed by atoms with Gasteiger partial charge < -0.3 is 19.7 Å². The Bertz CT molecular complexity index is 1220. The van der Waals surface area contributed by atoms with Crippen molar-refractivity contribution in [2.24, 2.45) is 0 Å². The number of hydrogen-bond donors (Lipinski definition) is 1. The van der Waals surface area contributed by atoms with Crippen LogP contribution in [0.5, 0.6) is 11.5 Å². The summed E-state index contributed by atoms with van der Waals surface area (Å²) in [5.74, 6) is 0.625. The van der Waals surface area contributed by atoms with Crippen molar-refractivity contribution in [1.29, 1.82) is 0 Å². The molecule has 4 rings (SSSR count). The summed E-state index contributed by atoms with van der Waals surface area (Å²) >= 11 is 11.8. The maximum atomic E-state index is 14.6. The van der Waals surface area contributed by atoms with E-state index in [0.717, 1.165) is 0 Å². The summed E-state index contributed by atoms with van der Waals surface area (Å²) in [5.41, 5.74) is 0.713. The number of ether oxygens (including phenoxy) is 2. The number of nitrogens with zero attached hydrogens (tertiary/aromatic N) is 3. The first-order valence-electron chi connectivity index (χ1n) is 10.2. The first-order chi connectivity index (χ1) is 15.9. The normalized spacial score (nSPS) is 13.8. The van der Waals surface area contributed by atoms with Crippen molar-refractivity contribution >= 4 is 63.9 Å². The molecule has 1 aromatic heterocycles. The van der Waals surface area contributed by atoms with Crippen LogP contribution < -0.4 is 14.8 Å². The fourth-order valence-electron chi connectivity index (χ4n) is 3.67. The van der Waals surface area contributed by atoms with E-state index in [4.69, 9.17) is 32.7 Å². The minimum absolute atomic E-state index is 0. The number of rotatable bonds is 6. The van der Waals surface area contributed by atoms with Gasteiger partial charge in [0.25, 0.3) is 0 Å². The molecule has 1 aliphatic rings. The molecule has 3 aromatic rings.